The highest BCUT2D eigenvalue weighted by Gasteiger charge is 2.18. The molecule has 0 aromatic carbocycles. The molecule has 1 unspecified atom stereocenters. The van der Waals surface area contributed by atoms with E-state index in [1.165, 1.54) is 0 Å². The third-order valence-corrected chi connectivity index (χ3v) is 2.72. The van der Waals surface area contributed by atoms with E-state index in [1.54, 1.807) is 6.20 Å². The van der Waals surface area contributed by atoms with Crippen LogP contribution in [-0.2, 0) is 6.54 Å². The van der Waals surface area contributed by atoms with Gasteiger partial charge < -0.3 is 10.4 Å². The zero-order valence-corrected chi connectivity index (χ0v) is 10.5. The SMILES string of the molecule is CC(CCn1cccn1)NC(C)(C)CCO. The Bertz CT molecular complexity index is 282. The van der Waals surface area contributed by atoms with Gasteiger partial charge >= 0.3 is 0 Å². The Morgan fingerprint density at radius 2 is 2.25 bits per heavy atom. The van der Waals surface area contributed by atoms with Crippen molar-refractivity contribution >= 4 is 0 Å². The van der Waals surface area contributed by atoms with E-state index >= 15 is 0 Å². The van der Waals surface area contributed by atoms with E-state index in [9.17, 15) is 0 Å². The molecule has 16 heavy (non-hydrogen) atoms. The van der Waals surface area contributed by atoms with E-state index in [4.69, 9.17) is 5.11 Å². The number of aliphatic hydroxyl groups excluding tert-OH is 1. The summed E-state index contributed by atoms with van der Waals surface area (Å²) in [6, 6.07) is 2.36. The van der Waals surface area contributed by atoms with Gasteiger partial charge in [-0.1, -0.05) is 0 Å². The van der Waals surface area contributed by atoms with Crippen LogP contribution in [0.4, 0.5) is 0 Å². The molecule has 0 aliphatic heterocycles. The second-order valence-corrected chi connectivity index (χ2v) is 4.96. The molecule has 4 heteroatoms. The summed E-state index contributed by atoms with van der Waals surface area (Å²) >= 11 is 0. The second-order valence-electron chi connectivity index (χ2n) is 4.96. The van der Waals surface area contributed by atoms with Crippen LogP contribution in [-0.4, -0.2) is 33.1 Å². The topological polar surface area (TPSA) is 50.1 Å². The summed E-state index contributed by atoms with van der Waals surface area (Å²) in [5.74, 6) is 0. The fourth-order valence-electron chi connectivity index (χ4n) is 1.85. The van der Waals surface area contributed by atoms with Crippen molar-refractivity contribution in [3.05, 3.63) is 18.5 Å². The molecule has 0 saturated carbocycles. The lowest BCUT2D eigenvalue weighted by molar-refractivity contribution is 0.217. The predicted octanol–water partition coefficient (Wildman–Crippen LogP) is 1.41. The third-order valence-electron chi connectivity index (χ3n) is 2.72. The summed E-state index contributed by atoms with van der Waals surface area (Å²) in [6.45, 7) is 7.56. The van der Waals surface area contributed by atoms with Gasteiger partial charge in [-0.3, -0.25) is 4.68 Å². The molecule has 0 spiro atoms. The highest BCUT2D eigenvalue weighted by Crippen LogP contribution is 2.10. The summed E-state index contributed by atoms with van der Waals surface area (Å²) in [5, 5.41) is 16.6. The van der Waals surface area contributed by atoms with Crippen molar-refractivity contribution in [2.45, 2.75) is 51.7 Å². The molecule has 4 nitrogen and oxygen atoms in total. The molecule has 1 atom stereocenters. The number of aryl methyl sites for hydroxylation is 1. The predicted molar refractivity (Wildman–Crippen MR) is 65.2 cm³/mol. The van der Waals surface area contributed by atoms with Crippen LogP contribution in [0.25, 0.3) is 0 Å². The van der Waals surface area contributed by atoms with Crippen molar-refractivity contribution in [3.8, 4) is 0 Å². The zero-order valence-electron chi connectivity index (χ0n) is 10.5. The van der Waals surface area contributed by atoms with Gasteiger partial charge in [-0.2, -0.15) is 5.10 Å². The Morgan fingerprint density at radius 3 is 2.81 bits per heavy atom. The van der Waals surface area contributed by atoms with E-state index in [2.05, 4.69) is 31.2 Å². The molecular formula is C12H23N3O. The number of aliphatic hydroxyl groups is 1. The van der Waals surface area contributed by atoms with Crippen molar-refractivity contribution < 1.29 is 5.11 Å². The highest BCUT2D eigenvalue weighted by molar-refractivity contribution is 4.81. The fraction of sp³-hybridized carbons (Fsp3) is 0.750. The number of aromatic nitrogens is 2. The summed E-state index contributed by atoms with van der Waals surface area (Å²) in [4.78, 5) is 0. The van der Waals surface area contributed by atoms with Crippen molar-refractivity contribution in [2.24, 2.45) is 0 Å². The molecule has 1 aromatic heterocycles. The second kappa shape index (κ2) is 6.01. The smallest absolute Gasteiger partial charge is 0.0489 e. The van der Waals surface area contributed by atoms with Crippen LogP contribution in [0.15, 0.2) is 18.5 Å². The Morgan fingerprint density at radius 1 is 1.50 bits per heavy atom. The van der Waals surface area contributed by atoms with Gasteiger partial charge in [0.15, 0.2) is 0 Å². The largest absolute Gasteiger partial charge is 0.396 e. The lowest BCUT2D eigenvalue weighted by Gasteiger charge is -2.29. The van der Waals surface area contributed by atoms with E-state index in [0.29, 0.717) is 6.04 Å². The van der Waals surface area contributed by atoms with Crippen LogP contribution >= 0.6 is 0 Å². The van der Waals surface area contributed by atoms with E-state index < -0.39 is 0 Å². The normalized spacial score (nSPS) is 14.0. The highest BCUT2D eigenvalue weighted by atomic mass is 16.3. The minimum absolute atomic E-state index is 0.00170. The maximum Gasteiger partial charge on any atom is 0.0489 e. The van der Waals surface area contributed by atoms with Gasteiger partial charge in [0.25, 0.3) is 0 Å². The number of nitrogens with one attached hydrogen (secondary N) is 1. The average Bonchev–Trinajstić information content (AvgIpc) is 2.66. The van der Waals surface area contributed by atoms with Crippen LogP contribution in [0.2, 0.25) is 0 Å². The van der Waals surface area contributed by atoms with Gasteiger partial charge in [-0.25, -0.2) is 0 Å². The van der Waals surface area contributed by atoms with Crippen LogP contribution in [0, 0.1) is 0 Å². The summed E-state index contributed by atoms with van der Waals surface area (Å²) in [6.07, 6.45) is 5.59. The molecule has 1 heterocycles. The van der Waals surface area contributed by atoms with E-state index in [1.807, 2.05) is 16.9 Å². The van der Waals surface area contributed by atoms with Crippen LogP contribution in [0.1, 0.15) is 33.6 Å². The minimum atomic E-state index is -0.00170. The van der Waals surface area contributed by atoms with Crippen molar-refractivity contribution in [1.29, 1.82) is 0 Å². The van der Waals surface area contributed by atoms with Crippen molar-refractivity contribution in [2.75, 3.05) is 6.61 Å². The van der Waals surface area contributed by atoms with Crippen molar-refractivity contribution in [1.82, 2.24) is 15.1 Å². The van der Waals surface area contributed by atoms with Gasteiger partial charge in [0, 0.05) is 37.1 Å². The lowest BCUT2D eigenvalue weighted by atomic mass is 9.99. The first-order chi connectivity index (χ1) is 7.53. The fourth-order valence-corrected chi connectivity index (χ4v) is 1.85. The molecule has 0 fully saturated rings. The minimum Gasteiger partial charge on any atom is -0.396 e. The van der Waals surface area contributed by atoms with Gasteiger partial charge in [0.1, 0.15) is 0 Å². The molecular weight excluding hydrogens is 202 g/mol. The van der Waals surface area contributed by atoms with Crippen LogP contribution in [0.3, 0.4) is 0 Å². The third kappa shape index (κ3) is 4.77. The van der Waals surface area contributed by atoms with Gasteiger partial charge in [0.2, 0.25) is 0 Å². The van der Waals surface area contributed by atoms with Crippen LogP contribution in [0.5, 0.6) is 0 Å². The first-order valence-electron chi connectivity index (χ1n) is 5.89. The van der Waals surface area contributed by atoms with Gasteiger partial charge in [-0.05, 0) is 39.7 Å². The standard InChI is InChI=1S/C12H23N3O/c1-11(14-12(2,3)6-10-16)5-9-15-8-4-7-13-15/h4,7-8,11,14,16H,5-6,9-10H2,1-3H3. The molecule has 0 amide bonds. The van der Waals surface area contributed by atoms with Gasteiger partial charge in [0.05, 0.1) is 0 Å². The Labute approximate surface area is 97.7 Å². The summed E-state index contributed by atoms with van der Waals surface area (Å²) in [7, 11) is 0. The Kier molecular flexibility index (Phi) is 4.96. The lowest BCUT2D eigenvalue weighted by Crippen LogP contribution is -2.45. The molecule has 1 aromatic rings. The first-order valence-corrected chi connectivity index (χ1v) is 5.89. The maximum atomic E-state index is 8.94. The Hall–Kier alpha value is -0.870. The van der Waals surface area contributed by atoms with Crippen molar-refractivity contribution in [3.63, 3.8) is 0 Å². The molecule has 1 rings (SSSR count). The monoisotopic (exact) mass is 225 g/mol. The number of hydrogen-bond acceptors (Lipinski definition) is 3. The average molecular weight is 225 g/mol. The van der Waals surface area contributed by atoms with Gasteiger partial charge in [-0.15, -0.1) is 0 Å². The molecule has 92 valence electrons. The molecule has 0 aliphatic carbocycles. The summed E-state index contributed by atoms with van der Waals surface area (Å²) in [5.41, 5.74) is -0.00170. The number of rotatable bonds is 7. The molecule has 2 N–H and O–H groups in total. The Balaban J connectivity index is 2.27. The maximum absolute atomic E-state index is 8.94. The van der Waals surface area contributed by atoms with E-state index in [0.717, 1.165) is 19.4 Å². The first kappa shape index (κ1) is 13.2. The molecule has 0 aliphatic rings. The van der Waals surface area contributed by atoms with Crippen LogP contribution < -0.4 is 5.32 Å². The number of nitrogens with zero attached hydrogens (tertiary/aromatic N) is 2. The zero-order chi connectivity index (χ0) is 12.0. The quantitative estimate of drug-likeness (QED) is 0.737. The number of hydrogen-bond donors (Lipinski definition) is 2. The summed E-state index contributed by atoms with van der Waals surface area (Å²) < 4.78 is 1.94. The molecule has 0 bridgehead atoms. The van der Waals surface area contributed by atoms with E-state index in [-0.39, 0.29) is 12.1 Å². The molecule has 0 saturated heterocycles. The molecule has 0 radical (unpaired) electrons.